The van der Waals surface area contributed by atoms with Gasteiger partial charge in [0.25, 0.3) is 0 Å². The van der Waals surface area contributed by atoms with Gasteiger partial charge in [-0.3, -0.25) is 4.90 Å². The Labute approximate surface area is 114 Å². The monoisotopic (exact) mass is 263 g/mol. The van der Waals surface area contributed by atoms with Crippen LogP contribution in [-0.2, 0) is 11.2 Å². The highest BCUT2D eigenvalue weighted by atomic mass is 16.5. The molecule has 0 aliphatic carbocycles. The fourth-order valence-electron chi connectivity index (χ4n) is 3.12. The Balaban J connectivity index is 2.01. The lowest BCUT2D eigenvalue weighted by Gasteiger charge is -2.42. The van der Waals surface area contributed by atoms with E-state index in [1.165, 1.54) is 11.1 Å². The molecule has 2 aliphatic rings. The average Bonchev–Trinajstić information content (AvgIpc) is 2.45. The van der Waals surface area contributed by atoms with Crippen LogP contribution in [0.25, 0.3) is 0 Å². The largest absolute Gasteiger partial charge is 0.493 e. The lowest BCUT2D eigenvalue weighted by atomic mass is 9.88. The van der Waals surface area contributed by atoms with Crippen LogP contribution in [0, 0.1) is 0 Å². The average molecular weight is 263 g/mol. The zero-order valence-electron chi connectivity index (χ0n) is 11.8. The molecule has 0 spiro atoms. The Bertz CT molecular complexity index is 475. The third-order valence-electron chi connectivity index (χ3n) is 4.19. The molecule has 0 unspecified atom stereocenters. The summed E-state index contributed by atoms with van der Waals surface area (Å²) >= 11 is 0. The van der Waals surface area contributed by atoms with Crippen molar-refractivity contribution >= 4 is 0 Å². The number of methoxy groups -OCH3 is 2. The number of hydrogen-bond donors (Lipinski definition) is 0. The molecule has 4 heteroatoms. The van der Waals surface area contributed by atoms with Crippen molar-refractivity contribution in [2.75, 3.05) is 27.5 Å². The van der Waals surface area contributed by atoms with E-state index >= 15 is 0 Å². The van der Waals surface area contributed by atoms with E-state index in [-0.39, 0.29) is 0 Å². The molecule has 1 fully saturated rings. The first-order valence-corrected chi connectivity index (χ1v) is 6.83. The van der Waals surface area contributed by atoms with Gasteiger partial charge in [0.05, 0.1) is 27.1 Å². The molecule has 1 saturated heterocycles. The minimum atomic E-state index is 0.320. The molecular weight excluding hydrogens is 242 g/mol. The normalized spacial score (nSPS) is 26.5. The second kappa shape index (κ2) is 5.02. The maximum absolute atomic E-state index is 5.73. The molecule has 19 heavy (non-hydrogen) atoms. The van der Waals surface area contributed by atoms with Crippen molar-refractivity contribution in [1.82, 2.24) is 4.90 Å². The Morgan fingerprint density at radius 2 is 1.95 bits per heavy atom. The predicted molar refractivity (Wildman–Crippen MR) is 72.7 cm³/mol. The Morgan fingerprint density at radius 1 is 1.21 bits per heavy atom. The summed E-state index contributed by atoms with van der Waals surface area (Å²) < 4.78 is 16.6. The van der Waals surface area contributed by atoms with Crippen molar-refractivity contribution in [2.24, 2.45) is 0 Å². The third-order valence-corrected chi connectivity index (χ3v) is 4.19. The van der Waals surface area contributed by atoms with Gasteiger partial charge in [-0.15, -0.1) is 0 Å². The minimum absolute atomic E-state index is 0.320. The van der Waals surface area contributed by atoms with E-state index in [1.54, 1.807) is 14.2 Å². The molecule has 0 bridgehead atoms. The lowest BCUT2D eigenvalue weighted by molar-refractivity contribution is -0.0937. The summed E-state index contributed by atoms with van der Waals surface area (Å²) in [7, 11) is 3.38. The fraction of sp³-hybridized carbons (Fsp3) is 0.600. The third kappa shape index (κ3) is 2.19. The van der Waals surface area contributed by atoms with Crippen molar-refractivity contribution in [3.8, 4) is 11.5 Å². The van der Waals surface area contributed by atoms with E-state index in [0.29, 0.717) is 12.1 Å². The van der Waals surface area contributed by atoms with Crippen LogP contribution in [0.2, 0.25) is 0 Å². The number of rotatable bonds is 2. The zero-order valence-corrected chi connectivity index (χ0v) is 11.8. The highest BCUT2D eigenvalue weighted by Gasteiger charge is 2.33. The smallest absolute Gasteiger partial charge is 0.161 e. The van der Waals surface area contributed by atoms with Crippen molar-refractivity contribution in [3.63, 3.8) is 0 Å². The fourth-order valence-corrected chi connectivity index (χ4v) is 3.12. The molecule has 1 aromatic carbocycles. The summed E-state index contributed by atoms with van der Waals surface area (Å²) in [6, 6.07) is 4.72. The molecular formula is C15H21NO3. The molecule has 104 valence electrons. The number of hydrogen-bond acceptors (Lipinski definition) is 4. The molecule has 2 heterocycles. The van der Waals surface area contributed by atoms with E-state index in [1.807, 2.05) is 0 Å². The van der Waals surface area contributed by atoms with Crippen molar-refractivity contribution in [3.05, 3.63) is 23.3 Å². The van der Waals surface area contributed by atoms with Crippen LogP contribution in [0.5, 0.6) is 11.5 Å². The highest BCUT2D eigenvalue weighted by Crippen LogP contribution is 2.41. The van der Waals surface area contributed by atoms with E-state index in [0.717, 1.165) is 37.6 Å². The van der Waals surface area contributed by atoms with Crippen LogP contribution in [0.1, 0.15) is 30.5 Å². The van der Waals surface area contributed by atoms with Crippen LogP contribution < -0.4 is 9.47 Å². The molecule has 0 aromatic heterocycles. The molecule has 0 N–H and O–H groups in total. The first-order chi connectivity index (χ1) is 9.22. The Kier molecular flexibility index (Phi) is 3.37. The van der Waals surface area contributed by atoms with E-state index < -0.39 is 0 Å². The molecule has 2 atom stereocenters. The molecule has 4 nitrogen and oxygen atoms in total. The van der Waals surface area contributed by atoms with Crippen LogP contribution in [-0.4, -0.2) is 38.5 Å². The number of ether oxygens (including phenoxy) is 3. The van der Waals surface area contributed by atoms with Crippen molar-refractivity contribution in [2.45, 2.75) is 31.9 Å². The van der Waals surface area contributed by atoms with E-state index in [2.05, 4.69) is 24.0 Å². The van der Waals surface area contributed by atoms with Gasteiger partial charge in [0, 0.05) is 12.6 Å². The van der Waals surface area contributed by atoms with Crippen LogP contribution in [0.4, 0.5) is 0 Å². The van der Waals surface area contributed by atoms with Crippen molar-refractivity contribution < 1.29 is 14.2 Å². The maximum atomic E-state index is 5.73. The van der Waals surface area contributed by atoms with Gasteiger partial charge >= 0.3 is 0 Å². The Morgan fingerprint density at radius 3 is 2.68 bits per heavy atom. The first kappa shape index (κ1) is 12.8. The standard InChI is InChI=1S/C15H21NO3/c1-10-6-13-12-8-15(18-3)14(17-2)7-11(12)4-5-16(13)9-19-10/h7-8,10,13H,4-6,9H2,1-3H3/t10-,13+/m1/s1. The van der Waals surface area contributed by atoms with E-state index in [9.17, 15) is 0 Å². The Hall–Kier alpha value is -1.26. The number of nitrogens with zero attached hydrogens (tertiary/aromatic N) is 1. The number of fused-ring (bicyclic) bond motifs is 3. The first-order valence-electron chi connectivity index (χ1n) is 6.83. The lowest BCUT2D eigenvalue weighted by Crippen LogP contribution is -2.43. The van der Waals surface area contributed by atoms with Gasteiger partial charge in [-0.25, -0.2) is 0 Å². The van der Waals surface area contributed by atoms with Gasteiger partial charge in [-0.05, 0) is 43.0 Å². The maximum Gasteiger partial charge on any atom is 0.161 e. The minimum Gasteiger partial charge on any atom is -0.493 e. The molecule has 0 radical (unpaired) electrons. The summed E-state index contributed by atoms with van der Waals surface area (Å²) in [6.07, 6.45) is 2.41. The highest BCUT2D eigenvalue weighted by molar-refractivity contribution is 5.49. The summed E-state index contributed by atoms with van der Waals surface area (Å²) in [6.45, 7) is 3.94. The van der Waals surface area contributed by atoms with E-state index in [4.69, 9.17) is 14.2 Å². The van der Waals surface area contributed by atoms with Gasteiger partial charge < -0.3 is 14.2 Å². The summed E-state index contributed by atoms with van der Waals surface area (Å²) in [5.74, 6) is 1.65. The van der Waals surface area contributed by atoms with Crippen LogP contribution in [0.15, 0.2) is 12.1 Å². The summed E-state index contributed by atoms with van der Waals surface area (Å²) in [4.78, 5) is 2.41. The van der Waals surface area contributed by atoms with Crippen LogP contribution >= 0.6 is 0 Å². The van der Waals surface area contributed by atoms with Gasteiger partial charge in [0.1, 0.15) is 0 Å². The topological polar surface area (TPSA) is 30.9 Å². The molecule has 1 aromatic rings. The van der Waals surface area contributed by atoms with Gasteiger partial charge in [0.15, 0.2) is 11.5 Å². The summed E-state index contributed by atoms with van der Waals surface area (Å²) in [5, 5.41) is 0. The number of benzene rings is 1. The van der Waals surface area contributed by atoms with Gasteiger partial charge in [-0.2, -0.15) is 0 Å². The molecule has 3 rings (SSSR count). The molecule has 2 aliphatic heterocycles. The molecule has 0 saturated carbocycles. The predicted octanol–water partition coefficient (Wildman–Crippen LogP) is 2.37. The second-order valence-corrected chi connectivity index (χ2v) is 5.33. The summed E-state index contributed by atoms with van der Waals surface area (Å²) in [5.41, 5.74) is 2.76. The van der Waals surface area contributed by atoms with Crippen LogP contribution in [0.3, 0.4) is 0 Å². The SMILES string of the molecule is COc1cc2c(cc1OC)[C@@H]1C[C@@H](C)OCN1CC2. The second-order valence-electron chi connectivity index (χ2n) is 5.33. The van der Waals surface area contributed by atoms with Gasteiger partial charge in [0.2, 0.25) is 0 Å². The van der Waals surface area contributed by atoms with Gasteiger partial charge in [-0.1, -0.05) is 0 Å². The van der Waals surface area contributed by atoms with Crippen molar-refractivity contribution in [1.29, 1.82) is 0 Å². The molecule has 0 amide bonds. The zero-order chi connectivity index (χ0) is 13.4. The quantitative estimate of drug-likeness (QED) is 0.819.